The van der Waals surface area contributed by atoms with Gasteiger partial charge in [0, 0.05) is 35.7 Å². The van der Waals surface area contributed by atoms with Crippen molar-refractivity contribution >= 4 is 39.9 Å². The van der Waals surface area contributed by atoms with E-state index < -0.39 is 5.91 Å². The Morgan fingerprint density at radius 2 is 1.79 bits per heavy atom. The minimum atomic E-state index is -0.539. The lowest BCUT2D eigenvalue weighted by atomic mass is 9.69. The number of aryl methyl sites for hydroxylation is 1. The second-order valence-electron chi connectivity index (χ2n) is 7.74. The zero-order valence-electron chi connectivity index (χ0n) is 16.5. The molecule has 1 heterocycles. The normalized spacial score (nSPS) is 15.5. The lowest BCUT2D eigenvalue weighted by molar-refractivity contribution is -0.122. The summed E-state index contributed by atoms with van der Waals surface area (Å²) in [4.78, 5) is 40.9. The van der Waals surface area contributed by atoms with Crippen molar-refractivity contribution in [3.63, 3.8) is 0 Å². The van der Waals surface area contributed by atoms with Gasteiger partial charge in [-0.05, 0) is 42.9 Å². The van der Waals surface area contributed by atoms with Crippen LogP contribution in [0.4, 0.5) is 10.8 Å². The van der Waals surface area contributed by atoms with Gasteiger partial charge in [-0.2, -0.15) is 0 Å². The molecule has 1 saturated carbocycles. The third-order valence-electron chi connectivity index (χ3n) is 5.46. The molecule has 8 heteroatoms. The van der Waals surface area contributed by atoms with Gasteiger partial charge in [0.1, 0.15) is 0 Å². The van der Waals surface area contributed by atoms with E-state index in [0.29, 0.717) is 22.8 Å². The molecule has 3 amide bonds. The lowest BCUT2D eigenvalue weighted by Gasteiger charge is -2.36. The summed E-state index contributed by atoms with van der Waals surface area (Å²) < 4.78 is 0. The molecule has 0 aliphatic heterocycles. The average molecular weight is 415 g/mol. The van der Waals surface area contributed by atoms with Gasteiger partial charge in [-0.3, -0.25) is 14.4 Å². The molecule has 1 aromatic carbocycles. The first-order valence-electron chi connectivity index (χ1n) is 9.77. The molecule has 0 unspecified atom stereocenters. The van der Waals surface area contributed by atoms with Gasteiger partial charge in [0.25, 0.3) is 0 Å². The van der Waals surface area contributed by atoms with Crippen LogP contribution in [0.5, 0.6) is 0 Å². The molecule has 1 fully saturated rings. The largest absolute Gasteiger partial charge is 0.366 e. The van der Waals surface area contributed by atoms with E-state index in [1.54, 1.807) is 24.4 Å². The molecule has 1 aliphatic carbocycles. The van der Waals surface area contributed by atoms with E-state index >= 15 is 0 Å². The quantitative estimate of drug-likeness (QED) is 0.638. The third-order valence-corrected chi connectivity index (χ3v) is 6.15. The van der Waals surface area contributed by atoms with Crippen LogP contribution in [0.25, 0.3) is 0 Å². The number of hydrogen-bond donors (Lipinski definition) is 3. The molecule has 0 spiro atoms. The maximum atomic E-state index is 12.8. The van der Waals surface area contributed by atoms with E-state index in [4.69, 9.17) is 5.73 Å². The molecule has 3 rings (SSSR count). The van der Waals surface area contributed by atoms with E-state index in [2.05, 4.69) is 15.6 Å². The van der Waals surface area contributed by atoms with Gasteiger partial charge < -0.3 is 16.4 Å². The summed E-state index contributed by atoms with van der Waals surface area (Å²) in [6.07, 6.45) is 7.02. The number of primary amides is 1. The zero-order valence-corrected chi connectivity index (χ0v) is 17.3. The van der Waals surface area contributed by atoms with Crippen molar-refractivity contribution < 1.29 is 14.4 Å². The highest BCUT2D eigenvalue weighted by Crippen LogP contribution is 2.43. The molecule has 4 N–H and O–H groups in total. The number of amides is 3. The second-order valence-corrected chi connectivity index (χ2v) is 8.64. The standard InChI is InChI=1S/C21H26N4O3S/c1-14-5-6-15(19(22)28)11-16(14)24-17(26)12-21(7-3-2-4-8-21)13-18(27)25-20-23-9-10-29-20/h5-6,9-11H,2-4,7-8,12-13H2,1H3,(H2,22,28)(H,24,26)(H,23,25,27). The number of nitrogens with two attached hydrogens (primary N) is 1. The summed E-state index contributed by atoms with van der Waals surface area (Å²) in [5.74, 6) is -0.802. The number of benzene rings is 1. The van der Waals surface area contributed by atoms with Crippen LogP contribution < -0.4 is 16.4 Å². The molecule has 0 bridgehead atoms. The fourth-order valence-electron chi connectivity index (χ4n) is 3.95. The Hall–Kier alpha value is -2.74. The summed E-state index contributed by atoms with van der Waals surface area (Å²) in [7, 11) is 0. The summed E-state index contributed by atoms with van der Waals surface area (Å²) in [5, 5.41) is 8.12. The first kappa shape index (κ1) is 21.0. The molecule has 7 nitrogen and oxygen atoms in total. The number of nitrogens with zero attached hydrogens (tertiary/aromatic N) is 1. The van der Waals surface area contributed by atoms with E-state index in [0.717, 1.165) is 37.7 Å². The monoisotopic (exact) mass is 414 g/mol. The molecule has 29 heavy (non-hydrogen) atoms. The van der Waals surface area contributed by atoms with Crippen LogP contribution in [0.1, 0.15) is 60.9 Å². The topological polar surface area (TPSA) is 114 Å². The van der Waals surface area contributed by atoms with Crippen molar-refractivity contribution in [1.82, 2.24) is 4.98 Å². The fourth-order valence-corrected chi connectivity index (χ4v) is 4.50. The second kappa shape index (κ2) is 9.17. The first-order chi connectivity index (χ1) is 13.9. The number of thiazole rings is 1. The highest BCUT2D eigenvalue weighted by Gasteiger charge is 2.36. The van der Waals surface area contributed by atoms with Crippen LogP contribution in [0.15, 0.2) is 29.8 Å². The summed E-state index contributed by atoms with van der Waals surface area (Å²) >= 11 is 1.37. The molecular formula is C21H26N4O3S. The summed E-state index contributed by atoms with van der Waals surface area (Å²) in [6.45, 7) is 1.86. The van der Waals surface area contributed by atoms with E-state index in [1.807, 2.05) is 12.3 Å². The molecule has 2 aromatic rings. The van der Waals surface area contributed by atoms with Crippen molar-refractivity contribution in [3.05, 3.63) is 40.9 Å². The first-order valence-corrected chi connectivity index (χ1v) is 10.6. The maximum Gasteiger partial charge on any atom is 0.248 e. The fraction of sp³-hybridized carbons (Fsp3) is 0.429. The SMILES string of the molecule is Cc1ccc(C(N)=O)cc1NC(=O)CC1(CC(=O)Nc2nccs2)CCCCC1. The average Bonchev–Trinajstić information content (AvgIpc) is 3.16. The van der Waals surface area contributed by atoms with Crippen molar-refractivity contribution in [3.8, 4) is 0 Å². The summed E-state index contributed by atoms with van der Waals surface area (Å²) in [5.41, 5.74) is 6.75. The number of aromatic nitrogens is 1. The van der Waals surface area contributed by atoms with Crippen LogP contribution in [-0.2, 0) is 9.59 Å². The predicted molar refractivity (Wildman–Crippen MR) is 114 cm³/mol. The van der Waals surface area contributed by atoms with Crippen LogP contribution >= 0.6 is 11.3 Å². The van der Waals surface area contributed by atoms with Gasteiger partial charge >= 0.3 is 0 Å². The number of hydrogen-bond acceptors (Lipinski definition) is 5. The van der Waals surface area contributed by atoms with Crippen molar-refractivity contribution in [2.24, 2.45) is 11.1 Å². The van der Waals surface area contributed by atoms with Gasteiger partial charge in [0.2, 0.25) is 17.7 Å². The Morgan fingerprint density at radius 1 is 1.10 bits per heavy atom. The lowest BCUT2D eigenvalue weighted by Crippen LogP contribution is -2.34. The number of carbonyl (C=O) groups excluding carboxylic acids is 3. The number of nitrogens with one attached hydrogen (secondary N) is 2. The van der Waals surface area contributed by atoms with Gasteiger partial charge in [-0.25, -0.2) is 4.98 Å². The minimum Gasteiger partial charge on any atom is -0.366 e. The molecule has 1 aliphatic rings. The van der Waals surface area contributed by atoms with E-state index in [1.165, 1.54) is 11.3 Å². The summed E-state index contributed by atoms with van der Waals surface area (Å²) in [6, 6.07) is 4.99. The predicted octanol–water partition coefficient (Wildman–Crippen LogP) is 3.86. The van der Waals surface area contributed by atoms with Crippen molar-refractivity contribution in [2.45, 2.75) is 51.9 Å². The van der Waals surface area contributed by atoms with E-state index in [-0.39, 0.29) is 23.7 Å². The van der Waals surface area contributed by atoms with Crippen molar-refractivity contribution in [2.75, 3.05) is 10.6 Å². The van der Waals surface area contributed by atoms with Gasteiger partial charge in [-0.1, -0.05) is 25.3 Å². The minimum absolute atomic E-state index is 0.110. The van der Waals surface area contributed by atoms with Crippen LogP contribution in [-0.4, -0.2) is 22.7 Å². The third kappa shape index (κ3) is 5.63. The Labute approximate surface area is 174 Å². The van der Waals surface area contributed by atoms with Gasteiger partial charge in [-0.15, -0.1) is 11.3 Å². The van der Waals surface area contributed by atoms with Gasteiger partial charge in [0.05, 0.1) is 0 Å². The Balaban J connectivity index is 1.69. The zero-order chi connectivity index (χ0) is 20.9. The smallest absolute Gasteiger partial charge is 0.248 e. The molecular weight excluding hydrogens is 388 g/mol. The highest BCUT2D eigenvalue weighted by atomic mass is 32.1. The van der Waals surface area contributed by atoms with Gasteiger partial charge in [0.15, 0.2) is 5.13 Å². The van der Waals surface area contributed by atoms with Crippen LogP contribution in [0.2, 0.25) is 0 Å². The Morgan fingerprint density at radius 3 is 2.41 bits per heavy atom. The van der Waals surface area contributed by atoms with Crippen LogP contribution in [0, 0.1) is 12.3 Å². The van der Waals surface area contributed by atoms with E-state index in [9.17, 15) is 14.4 Å². The maximum absolute atomic E-state index is 12.8. The molecule has 0 saturated heterocycles. The Bertz CT molecular complexity index is 889. The number of carbonyl (C=O) groups is 3. The molecule has 0 atom stereocenters. The highest BCUT2D eigenvalue weighted by molar-refractivity contribution is 7.13. The number of anilines is 2. The molecule has 0 radical (unpaired) electrons. The molecule has 1 aromatic heterocycles. The Kier molecular flexibility index (Phi) is 6.64. The molecule has 154 valence electrons. The van der Waals surface area contributed by atoms with Crippen LogP contribution in [0.3, 0.4) is 0 Å². The van der Waals surface area contributed by atoms with Crippen molar-refractivity contribution in [1.29, 1.82) is 0 Å². The number of rotatable bonds is 7.